The molecule has 2 aromatic heterocycles. The first-order chi connectivity index (χ1) is 22.1. The van der Waals surface area contributed by atoms with Gasteiger partial charge in [-0.25, -0.2) is 0 Å². The van der Waals surface area contributed by atoms with Crippen molar-refractivity contribution in [3.05, 3.63) is 169 Å². The molecule has 45 heavy (non-hydrogen) atoms. The zero-order valence-electron chi connectivity index (χ0n) is 25.4. The van der Waals surface area contributed by atoms with E-state index >= 15 is 0 Å². The molecule has 0 saturated carbocycles. The number of hydrogen-bond donors (Lipinski definition) is 0. The Hall–Kier alpha value is -5.73. The Kier molecular flexibility index (Phi) is 6.61. The molecular formula is C43H32N2. The van der Waals surface area contributed by atoms with Crippen LogP contribution < -0.4 is 0 Å². The maximum Gasteiger partial charge on any atom is 0.0541 e. The topological polar surface area (TPSA) is 17.8 Å². The van der Waals surface area contributed by atoms with Gasteiger partial charge in [0.1, 0.15) is 0 Å². The van der Waals surface area contributed by atoms with E-state index < -0.39 is 0 Å². The molecule has 0 unspecified atom stereocenters. The summed E-state index contributed by atoms with van der Waals surface area (Å²) in [4.78, 5) is 4.56. The molecule has 6 aromatic carbocycles. The van der Waals surface area contributed by atoms with Gasteiger partial charge in [-0.1, -0.05) is 103 Å². The van der Waals surface area contributed by atoms with E-state index in [0.29, 0.717) is 0 Å². The predicted molar refractivity (Wildman–Crippen MR) is 190 cm³/mol. The highest BCUT2D eigenvalue weighted by Gasteiger charge is 2.15. The molecule has 0 aliphatic carbocycles. The summed E-state index contributed by atoms with van der Waals surface area (Å²) < 4.78 is 2.40. The van der Waals surface area contributed by atoms with E-state index in [1.54, 1.807) is 0 Å². The Labute approximate surface area is 263 Å². The van der Waals surface area contributed by atoms with Crippen molar-refractivity contribution in [3.63, 3.8) is 0 Å². The summed E-state index contributed by atoms with van der Waals surface area (Å²) in [5.74, 6) is 0. The van der Waals surface area contributed by atoms with Gasteiger partial charge in [0.2, 0.25) is 0 Å². The molecule has 0 atom stereocenters. The number of pyridine rings is 1. The lowest BCUT2D eigenvalue weighted by molar-refractivity contribution is 1.12. The number of nitrogens with zero attached hydrogens (tertiary/aromatic N) is 2. The summed E-state index contributed by atoms with van der Waals surface area (Å²) in [6, 6.07) is 57.1. The minimum Gasteiger partial charge on any atom is -0.309 e. The summed E-state index contributed by atoms with van der Waals surface area (Å²) in [7, 11) is 0. The number of rotatable bonds is 5. The largest absolute Gasteiger partial charge is 0.309 e. The van der Waals surface area contributed by atoms with Crippen molar-refractivity contribution < 1.29 is 0 Å². The Morgan fingerprint density at radius 2 is 0.778 bits per heavy atom. The van der Waals surface area contributed by atoms with Crippen LogP contribution in [0.15, 0.2) is 158 Å². The van der Waals surface area contributed by atoms with Crippen molar-refractivity contribution in [1.82, 2.24) is 9.55 Å². The Bertz CT molecular complexity index is 2190. The lowest BCUT2D eigenvalue weighted by atomic mass is 9.98. The lowest BCUT2D eigenvalue weighted by Gasteiger charge is -2.11. The Morgan fingerprint density at radius 3 is 1.31 bits per heavy atom. The highest BCUT2D eigenvalue weighted by molar-refractivity contribution is 6.11. The van der Waals surface area contributed by atoms with E-state index in [4.69, 9.17) is 0 Å². The fourth-order valence-corrected chi connectivity index (χ4v) is 6.60. The number of benzene rings is 6. The molecule has 0 radical (unpaired) electrons. The highest BCUT2D eigenvalue weighted by Crippen LogP contribution is 2.38. The fraction of sp³-hybridized carbons (Fsp3) is 0.0465. The number of aromatic nitrogens is 2. The van der Waals surface area contributed by atoms with Crippen LogP contribution in [0.2, 0.25) is 0 Å². The first kappa shape index (κ1) is 26.9. The SMILES string of the molecule is Cc1cc(-c2cccc(-c3ccc(-n4c5ccc(-c6ccccc6)cc5c5cc(-c6ccccc6)ccc54)cc3)c2)cc(C)n1. The molecule has 0 bridgehead atoms. The molecule has 0 spiro atoms. The first-order valence-electron chi connectivity index (χ1n) is 15.5. The molecular weight excluding hydrogens is 544 g/mol. The van der Waals surface area contributed by atoms with Crippen molar-refractivity contribution in [2.45, 2.75) is 13.8 Å². The summed E-state index contributed by atoms with van der Waals surface area (Å²) in [6.45, 7) is 4.11. The average molecular weight is 577 g/mol. The van der Waals surface area contributed by atoms with Crippen LogP contribution in [-0.2, 0) is 0 Å². The van der Waals surface area contributed by atoms with Gasteiger partial charge >= 0.3 is 0 Å². The van der Waals surface area contributed by atoms with Crippen LogP contribution in [0, 0.1) is 13.8 Å². The molecule has 8 rings (SSSR count). The van der Waals surface area contributed by atoms with E-state index in [1.807, 2.05) is 0 Å². The van der Waals surface area contributed by atoms with Crippen molar-refractivity contribution in [1.29, 1.82) is 0 Å². The number of fused-ring (bicyclic) bond motifs is 3. The maximum absolute atomic E-state index is 4.56. The fourth-order valence-electron chi connectivity index (χ4n) is 6.60. The molecule has 0 saturated heterocycles. The minimum atomic E-state index is 1.04. The van der Waals surface area contributed by atoms with E-state index in [2.05, 4.69) is 181 Å². The summed E-state index contributed by atoms with van der Waals surface area (Å²) in [5, 5.41) is 2.51. The molecule has 0 amide bonds. The van der Waals surface area contributed by atoms with Gasteiger partial charge in [-0.3, -0.25) is 4.98 Å². The second-order valence-electron chi connectivity index (χ2n) is 11.8. The smallest absolute Gasteiger partial charge is 0.0541 e. The highest BCUT2D eigenvalue weighted by atomic mass is 15.0. The molecule has 8 aromatic rings. The Balaban J connectivity index is 1.25. The third-order valence-electron chi connectivity index (χ3n) is 8.72. The van der Waals surface area contributed by atoms with Gasteiger partial charge in [-0.15, -0.1) is 0 Å². The van der Waals surface area contributed by atoms with E-state index in [-0.39, 0.29) is 0 Å². The van der Waals surface area contributed by atoms with Crippen LogP contribution >= 0.6 is 0 Å². The van der Waals surface area contributed by atoms with Crippen LogP contribution in [0.1, 0.15) is 11.4 Å². The molecule has 2 nitrogen and oxygen atoms in total. The van der Waals surface area contributed by atoms with Crippen LogP contribution in [0.5, 0.6) is 0 Å². The summed E-state index contributed by atoms with van der Waals surface area (Å²) in [6.07, 6.45) is 0. The third kappa shape index (κ3) is 5.01. The quantitative estimate of drug-likeness (QED) is 0.199. The van der Waals surface area contributed by atoms with Crippen molar-refractivity contribution in [2.75, 3.05) is 0 Å². The standard InChI is InChI=1S/C43H32N2/c1-29-24-38(25-30(2)44-29)35-15-9-14-34(26-35)33-16-20-39(21-17-33)45-42-22-18-36(31-10-5-3-6-11-31)27-40(42)41-28-37(19-23-43(41)45)32-12-7-4-8-13-32/h3-28H,1-2H3. The molecule has 0 aliphatic rings. The van der Waals surface area contributed by atoms with Crippen LogP contribution in [-0.4, -0.2) is 9.55 Å². The van der Waals surface area contributed by atoms with Gasteiger partial charge < -0.3 is 4.57 Å². The van der Waals surface area contributed by atoms with Gasteiger partial charge in [-0.05, 0) is 113 Å². The van der Waals surface area contributed by atoms with Crippen molar-refractivity contribution in [2.24, 2.45) is 0 Å². The van der Waals surface area contributed by atoms with Gasteiger partial charge in [0.15, 0.2) is 0 Å². The molecule has 0 fully saturated rings. The van der Waals surface area contributed by atoms with E-state index in [9.17, 15) is 0 Å². The van der Waals surface area contributed by atoms with Gasteiger partial charge in [0.25, 0.3) is 0 Å². The van der Waals surface area contributed by atoms with E-state index in [1.165, 1.54) is 66.3 Å². The zero-order valence-corrected chi connectivity index (χ0v) is 25.4. The Morgan fingerprint density at radius 1 is 0.356 bits per heavy atom. The van der Waals surface area contributed by atoms with Crippen LogP contribution in [0.25, 0.3) is 72.0 Å². The number of aryl methyl sites for hydroxylation is 2. The summed E-state index contributed by atoms with van der Waals surface area (Å²) in [5.41, 5.74) is 15.3. The van der Waals surface area contributed by atoms with Crippen LogP contribution in [0.4, 0.5) is 0 Å². The lowest BCUT2D eigenvalue weighted by Crippen LogP contribution is -1.94. The second kappa shape index (κ2) is 11.1. The van der Waals surface area contributed by atoms with E-state index in [0.717, 1.165) is 17.1 Å². The maximum atomic E-state index is 4.56. The molecule has 214 valence electrons. The molecule has 2 heteroatoms. The summed E-state index contributed by atoms with van der Waals surface area (Å²) >= 11 is 0. The second-order valence-corrected chi connectivity index (χ2v) is 11.8. The monoisotopic (exact) mass is 576 g/mol. The minimum absolute atomic E-state index is 1.04. The molecule has 0 N–H and O–H groups in total. The normalized spacial score (nSPS) is 11.3. The zero-order chi connectivity index (χ0) is 30.3. The first-order valence-corrected chi connectivity index (χ1v) is 15.5. The third-order valence-corrected chi connectivity index (χ3v) is 8.72. The van der Waals surface area contributed by atoms with Gasteiger partial charge in [-0.2, -0.15) is 0 Å². The molecule has 2 heterocycles. The van der Waals surface area contributed by atoms with Crippen molar-refractivity contribution in [3.8, 4) is 50.2 Å². The average Bonchev–Trinajstić information content (AvgIpc) is 3.42. The predicted octanol–water partition coefficient (Wildman–Crippen LogP) is 11.5. The van der Waals surface area contributed by atoms with Gasteiger partial charge in [0.05, 0.1) is 11.0 Å². The van der Waals surface area contributed by atoms with Crippen molar-refractivity contribution >= 4 is 21.8 Å². The number of hydrogen-bond acceptors (Lipinski definition) is 1. The van der Waals surface area contributed by atoms with Crippen LogP contribution in [0.3, 0.4) is 0 Å². The van der Waals surface area contributed by atoms with Gasteiger partial charge in [0, 0.05) is 27.8 Å². The molecule has 0 aliphatic heterocycles.